The fraction of sp³-hybridized carbons (Fsp3) is 0.500. The zero-order valence-electron chi connectivity index (χ0n) is 15.8. The van der Waals surface area contributed by atoms with E-state index in [-0.39, 0.29) is 17.6 Å². The highest BCUT2D eigenvalue weighted by Gasteiger charge is 2.27. The lowest BCUT2D eigenvalue weighted by atomic mass is 9.93. The van der Waals surface area contributed by atoms with Crippen molar-refractivity contribution in [3.63, 3.8) is 0 Å². The molecule has 5 heteroatoms. The first-order valence-electron chi connectivity index (χ1n) is 8.98. The van der Waals surface area contributed by atoms with Gasteiger partial charge in [-0.25, -0.2) is 9.48 Å². The van der Waals surface area contributed by atoms with E-state index < -0.39 is 0 Å². The first-order chi connectivity index (χ1) is 11.8. The van der Waals surface area contributed by atoms with Gasteiger partial charge in [0, 0.05) is 16.8 Å². The average Bonchev–Trinajstić information content (AvgIpc) is 2.93. The molecule has 0 unspecified atom stereocenters. The third-order valence-corrected chi connectivity index (χ3v) is 4.78. The smallest absolute Gasteiger partial charge is 0.315 e. The minimum atomic E-state index is -0.246. The molecule has 0 spiro atoms. The van der Waals surface area contributed by atoms with Crippen molar-refractivity contribution in [2.45, 2.75) is 65.5 Å². The van der Waals surface area contributed by atoms with E-state index in [0.29, 0.717) is 0 Å². The highest BCUT2D eigenvalue weighted by atomic mass is 16.2. The van der Waals surface area contributed by atoms with Crippen LogP contribution in [0.15, 0.2) is 24.4 Å². The van der Waals surface area contributed by atoms with E-state index in [1.807, 2.05) is 31.6 Å². The number of urea groups is 1. The molecule has 1 aromatic heterocycles. The molecule has 1 heterocycles. The SMILES string of the molecule is Cc1cccc(-n2ncc3c2CCC[C@H]3NC(=O)NC(C)(C)C)c1C. The van der Waals surface area contributed by atoms with Crippen molar-refractivity contribution in [3.8, 4) is 5.69 Å². The van der Waals surface area contributed by atoms with E-state index in [9.17, 15) is 4.79 Å². The summed E-state index contributed by atoms with van der Waals surface area (Å²) < 4.78 is 2.05. The van der Waals surface area contributed by atoms with Gasteiger partial charge in [0.2, 0.25) is 0 Å². The summed E-state index contributed by atoms with van der Waals surface area (Å²) in [6, 6.07) is 6.20. The van der Waals surface area contributed by atoms with E-state index in [1.54, 1.807) is 0 Å². The quantitative estimate of drug-likeness (QED) is 0.869. The van der Waals surface area contributed by atoms with Crippen LogP contribution in [0.5, 0.6) is 0 Å². The van der Waals surface area contributed by atoms with Crippen LogP contribution in [-0.4, -0.2) is 21.4 Å². The Bertz CT molecular complexity index is 785. The Kier molecular flexibility index (Phi) is 4.58. The van der Waals surface area contributed by atoms with Gasteiger partial charge in [-0.15, -0.1) is 0 Å². The normalized spacial score (nSPS) is 17.1. The van der Waals surface area contributed by atoms with Gasteiger partial charge in [0.1, 0.15) is 0 Å². The van der Waals surface area contributed by atoms with Gasteiger partial charge in [-0.05, 0) is 71.1 Å². The van der Waals surface area contributed by atoms with E-state index >= 15 is 0 Å². The maximum absolute atomic E-state index is 12.3. The molecule has 1 atom stereocenters. The van der Waals surface area contributed by atoms with Crippen molar-refractivity contribution in [3.05, 3.63) is 46.8 Å². The lowest BCUT2D eigenvalue weighted by molar-refractivity contribution is 0.226. The molecule has 0 aliphatic heterocycles. The third kappa shape index (κ3) is 3.70. The number of aromatic nitrogens is 2. The number of hydrogen-bond acceptors (Lipinski definition) is 2. The summed E-state index contributed by atoms with van der Waals surface area (Å²) in [4.78, 5) is 12.3. The van der Waals surface area contributed by atoms with E-state index in [4.69, 9.17) is 0 Å². The number of amides is 2. The molecule has 2 N–H and O–H groups in total. The van der Waals surface area contributed by atoms with Crippen LogP contribution in [0.1, 0.15) is 62.0 Å². The summed E-state index contributed by atoms with van der Waals surface area (Å²) in [5.74, 6) is 0. The van der Waals surface area contributed by atoms with Gasteiger partial charge in [-0.3, -0.25) is 0 Å². The fourth-order valence-electron chi connectivity index (χ4n) is 3.41. The Morgan fingerprint density at radius 2 is 2.04 bits per heavy atom. The number of nitrogens with zero attached hydrogens (tertiary/aromatic N) is 2. The Hall–Kier alpha value is -2.30. The molecule has 2 aromatic rings. The predicted molar refractivity (Wildman–Crippen MR) is 100 cm³/mol. The van der Waals surface area contributed by atoms with Crippen molar-refractivity contribution < 1.29 is 4.79 Å². The van der Waals surface area contributed by atoms with Crippen molar-refractivity contribution in [2.75, 3.05) is 0 Å². The number of nitrogens with one attached hydrogen (secondary N) is 2. The van der Waals surface area contributed by atoms with E-state index in [2.05, 4.69) is 47.8 Å². The Morgan fingerprint density at radius 3 is 2.76 bits per heavy atom. The number of benzene rings is 1. The first kappa shape index (κ1) is 17.5. The molecular formula is C20H28N4O. The monoisotopic (exact) mass is 340 g/mol. The molecule has 25 heavy (non-hydrogen) atoms. The van der Waals surface area contributed by atoms with Gasteiger partial charge in [0.15, 0.2) is 0 Å². The summed E-state index contributed by atoms with van der Waals surface area (Å²) in [5.41, 5.74) is 5.73. The number of aryl methyl sites for hydroxylation is 1. The molecule has 1 aliphatic rings. The molecule has 0 saturated heterocycles. The van der Waals surface area contributed by atoms with Gasteiger partial charge in [-0.1, -0.05) is 12.1 Å². The predicted octanol–water partition coefficient (Wildman–Crippen LogP) is 3.96. The third-order valence-electron chi connectivity index (χ3n) is 4.78. The van der Waals surface area contributed by atoms with Crippen LogP contribution in [0.4, 0.5) is 4.79 Å². The maximum atomic E-state index is 12.3. The maximum Gasteiger partial charge on any atom is 0.315 e. The number of carbonyl (C=O) groups excluding carboxylic acids is 1. The van der Waals surface area contributed by atoms with Crippen molar-refractivity contribution in [1.29, 1.82) is 0 Å². The summed E-state index contributed by atoms with van der Waals surface area (Å²) >= 11 is 0. The molecule has 2 amide bonds. The number of hydrogen-bond donors (Lipinski definition) is 2. The second kappa shape index (κ2) is 6.54. The lowest BCUT2D eigenvalue weighted by Gasteiger charge is -2.27. The average molecular weight is 340 g/mol. The Labute approximate surface area is 149 Å². The lowest BCUT2D eigenvalue weighted by Crippen LogP contribution is -2.47. The number of carbonyl (C=O) groups is 1. The van der Waals surface area contributed by atoms with Crippen LogP contribution in [0.2, 0.25) is 0 Å². The molecule has 5 nitrogen and oxygen atoms in total. The second-order valence-electron chi connectivity index (χ2n) is 7.97. The van der Waals surface area contributed by atoms with Crippen LogP contribution in [0.25, 0.3) is 5.69 Å². The second-order valence-corrected chi connectivity index (χ2v) is 7.97. The first-order valence-corrected chi connectivity index (χ1v) is 8.98. The largest absolute Gasteiger partial charge is 0.334 e. The standard InChI is InChI=1S/C20H28N4O/c1-13-8-6-10-17(14(13)2)24-18-11-7-9-16(15(18)12-21-24)22-19(25)23-20(3,4)5/h6,8,10,12,16H,7,9,11H2,1-5H3,(H2,22,23,25)/t16-/m1/s1. The van der Waals surface area contributed by atoms with E-state index in [1.165, 1.54) is 16.8 Å². The minimum absolute atomic E-state index is 0.0185. The molecule has 0 bridgehead atoms. The summed E-state index contributed by atoms with van der Waals surface area (Å²) in [6.07, 6.45) is 4.90. The highest BCUT2D eigenvalue weighted by Crippen LogP contribution is 2.32. The minimum Gasteiger partial charge on any atom is -0.334 e. The topological polar surface area (TPSA) is 59.0 Å². The molecule has 0 radical (unpaired) electrons. The summed E-state index contributed by atoms with van der Waals surface area (Å²) in [6.45, 7) is 10.2. The van der Waals surface area contributed by atoms with Crippen LogP contribution in [0.3, 0.4) is 0 Å². The van der Waals surface area contributed by atoms with Gasteiger partial charge in [-0.2, -0.15) is 5.10 Å². The Balaban J connectivity index is 1.88. The molecule has 1 aromatic carbocycles. The van der Waals surface area contributed by atoms with Gasteiger partial charge in [0.05, 0.1) is 17.9 Å². The van der Waals surface area contributed by atoms with Gasteiger partial charge >= 0.3 is 6.03 Å². The molecule has 0 saturated carbocycles. The Morgan fingerprint density at radius 1 is 1.28 bits per heavy atom. The molecule has 1 aliphatic carbocycles. The molecular weight excluding hydrogens is 312 g/mol. The molecule has 3 rings (SSSR count). The summed E-state index contributed by atoms with van der Waals surface area (Å²) in [7, 11) is 0. The van der Waals surface area contributed by atoms with Crippen LogP contribution in [-0.2, 0) is 6.42 Å². The van der Waals surface area contributed by atoms with Crippen LogP contribution in [0, 0.1) is 13.8 Å². The fourth-order valence-corrected chi connectivity index (χ4v) is 3.41. The number of fused-ring (bicyclic) bond motifs is 1. The number of rotatable bonds is 2. The zero-order chi connectivity index (χ0) is 18.2. The van der Waals surface area contributed by atoms with Crippen LogP contribution < -0.4 is 10.6 Å². The molecule has 134 valence electrons. The van der Waals surface area contributed by atoms with E-state index in [0.717, 1.165) is 30.5 Å². The van der Waals surface area contributed by atoms with Gasteiger partial charge < -0.3 is 10.6 Å². The van der Waals surface area contributed by atoms with Crippen molar-refractivity contribution >= 4 is 6.03 Å². The zero-order valence-corrected chi connectivity index (χ0v) is 15.8. The van der Waals surface area contributed by atoms with Gasteiger partial charge in [0.25, 0.3) is 0 Å². The van der Waals surface area contributed by atoms with Crippen LogP contribution >= 0.6 is 0 Å². The highest BCUT2D eigenvalue weighted by molar-refractivity contribution is 5.75. The van der Waals surface area contributed by atoms with Crippen molar-refractivity contribution in [2.24, 2.45) is 0 Å². The molecule has 0 fully saturated rings. The van der Waals surface area contributed by atoms with Crippen molar-refractivity contribution in [1.82, 2.24) is 20.4 Å². The summed E-state index contributed by atoms with van der Waals surface area (Å²) in [5, 5.41) is 10.7.